The maximum atomic E-state index is 12.6. The number of aliphatic carboxylic acids is 1. The zero-order valence-electron chi connectivity index (χ0n) is 12.3. The van der Waals surface area contributed by atoms with Crippen LogP contribution in [0.1, 0.15) is 23.7 Å². The summed E-state index contributed by atoms with van der Waals surface area (Å²) in [7, 11) is 0. The maximum Gasteiger partial charge on any atom is 0.311 e. The fraction of sp³-hybridized carbons (Fsp3) is 0.294. The Hall–Kier alpha value is -2.56. The molecule has 1 aromatic heterocycles. The van der Waals surface area contributed by atoms with Crippen LogP contribution in [0.25, 0.3) is 11.1 Å². The molecule has 22 heavy (non-hydrogen) atoms. The summed E-state index contributed by atoms with van der Waals surface area (Å²) in [5, 5.41) is 9.26. The number of hydrogen-bond donors (Lipinski definition) is 1. The van der Waals surface area contributed by atoms with Gasteiger partial charge in [-0.25, -0.2) is 0 Å². The van der Waals surface area contributed by atoms with E-state index in [1.807, 2.05) is 24.3 Å². The molecular formula is C17H17NO4. The first-order valence-electron chi connectivity index (χ1n) is 7.15. The van der Waals surface area contributed by atoms with Crippen LogP contribution in [0.5, 0.6) is 0 Å². The largest absolute Gasteiger partial charge is 0.481 e. The van der Waals surface area contributed by atoms with Gasteiger partial charge in [-0.2, -0.15) is 0 Å². The first-order valence-corrected chi connectivity index (χ1v) is 7.15. The highest BCUT2D eigenvalue weighted by Crippen LogP contribution is 2.31. The van der Waals surface area contributed by atoms with E-state index in [4.69, 9.17) is 4.42 Å². The number of hydrogen-bond acceptors (Lipinski definition) is 3. The molecule has 0 saturated carbocycles. The van der Waals surface area contributed by atoms with Crippen molar-refractivity contribution in [2.45, 2.75) is 13.3 Å². The summed E-state index contributed by atoms with van der Waals surface area (Å²) in [4.78, 5) is 25.5. The molecule has 5 heteroatoms. The minimum Gasteiger partial charge on any atom is -0.481 e. The number of nitrogens with zero attached hydrogens (tertiary/aromatic N) is 1. The van der Waals surface area contributed by atoms with Crippen LogP contribution >= 0.6 is 0 Å². The molecule has 1 aliphatic heterocycles. The zero-order chi connectivity index (χ0) is 15.7. The van der Waals surface area contributed by atoms with Crippen LogP contribution in [0, 0.1) is 5.41 Å². The highest BCUT2D eigenvalue weighted by atomic mass is 16.4. The number of carboxylic acid groups (broad SMARTS) is 1. The Kier molecular flexibility index (Phi) is 3.48. The van der Waals surface area contributed by atoms with Crippen molar-refractivity contribution in [2.75, 3.05) is 13.1 Å². The second-order valence-corrected chi connectivity index (χ2v) is 5.94. The summed E-state index contributed by atoms with van der Waals surface area (Å²) in [5.74, 6) is -0.981. The van der Waals surface area contributed by atoms with Gasteiger partial charge in [0, 0.05) is 24.2 Å². The quantitative estimate of drug-likeness (QED) is 0.946. The summed E-state index contributed by atoms with van der Waals surface area (Å²) in [6.07, 6.45) is 3.69. The molecule has 2 aromatic rings. The number of furan rings is 1. The molecule has 1 aromatic carbocycles. The summed E-state index contributed by atoms with van der Waals surface area (Å²) in [6.45, 7) is 2.40. The molecule has 1 atom stereocenters. The molecule has 1 unspecified atom stereocenters. The Labute approximate surface area is 128 Å². The van der Waals surface area contributed by atoms with Crippen LogP contribution in [0.4, 0.5) is 0 Å². The van der Waals surface area contributed by atoms with Gasteiger partial charge >= 0.3 is 5.97 Å². The van der Waals surface area contributed by atoms with Crippen LogP contribution in [0.15, 0.2) is 47.3 Å². The zero-order valence-corrected chi connectivity index (χ0v) is 12.3. The van der Waals surface area contributed by atoms with E-state index in [0.717, 1.165) is 11.1 Å². The SMILES string of the molecule is CC1(C(=O)O)CCN(C(=O)c2cccc(-c3ccoc3)c2)C1. The molecule has 1 N–H and O–H groups in total. The van der Waals surface area contributed by atoms with Crippen molar-refractivity contribution >= 4 is 11.9 Å². The average Bonchev–Trinajstić information content (AvgIpc) is 3.17. The number of amides is 1. The van der Waals surface area contributed by atoms with Gasteiger partial charge in [0.25, 0.3) is 5.91 Å². The fourth-order valence-electron chi connectivity index (χ4n) is 2.75. The van der Waals surface area contributed by atoms with Gasteiger partial charge in [0.2, 0.25) is 0 Å². The third-order valence-electron chi connectivity index (χ3n) is 4.24. The van der Waals surface area contributed by atoms with Gasteiger partial charge in [-0.1, -0.05) is 12.1 Å². The normalized spacial score (nSPS) is 21.0. The molecule has 2 heterocycles. The van der Waals surface area contributed by atoms with Crippen LogP contribution < -0.4 is 0 Å². The van der Waals surface area contributed by atoms with Crippen molar-refractivity contribution in [3.05, 3.63) is 48.4 Å². The van der Waals surface area contributed by atoms with E-state index in [-0.39, 0.29) is 12.5 Å². The number of benzene rings is 1. The predicted molar refractivity (Wildman–Crippen MR) is 80.4 cm³/mol. The van der Waals surface area contributed by atoms with Crippen molar-refractivity contribution in [3.8, 4) is 11.1 Å². The molecule has 114 valence electrons. The lowest BCUT2D eigenvalue weighted by molar-refractivity contribution is -0.147. The number of rotatable bonds is 3. The minimum atomic E-state index is -0.852. The highest BCUT2D eigenvalue weighted by molar-refractivity contribution is 5.96. The molecule has 0 spiro atoms. The Bertz CT molecular complexity index is 707. The molecule has 1 saturated heterocycles. The van der Waals surface area contributed by atoms with E-state index < -0.39 is 11.4 Å². The van der Waals surface area contributed by atoms with Gasteiger partial charge in [0.1, 0.15) is 0 Å². The van der Waals surface area contributed by atoms with Crippen molar-refractivity contribution in [1.29, 1.82) is 0 Å². The van der Waals surface area contributed by atoms with E-state index in [9.17, 15) is 14.7 Å². The van der Waals surface area contributed by atoms with E-state index >= 15 is 0 Å². The molecule has 5 nitrogen and oxygen atoms in total. The van der Waals surface area contributed by atoms with E-state index in [1.54, 1.807) is 30.4 Å². The average molecular weight is 299 g/mol. The molecular weight excluding hydrogens is 282 g/mol. The first-order chi connectivity index (χ1) is 10.5. The molecule has 1 fully saturated rings. The molecule has 0 radical (unpaired) electrons. The van der Waals surface area contributed by atoms with Crippen molar-refractivity contribution in [1.82, 2.24) is 4.90 Å². The molecule has 1 amide bonds. The molecule has 1 aliphatic rings. The lowest BCUT2D eigenvalue weighted by atomic mass is 9.90. The van der Waals surface area contributed by atoms with Gasteiger partial charge in [0.15, 0.2) is 0 Å². The molecule has 0 aliphatic carbocycles. The van der Waals surface area contributed by atoms with Gasteiger partial charge < -0.3 is 14.4 Å². The van der Waals surface area contributed by atoms with Gasteiger partial charge in [-0.3, -0.25) is 9.59 Å². The maximum absolute atomic E-state index is 12.6. The smallest absolute Gasteiger partial charge is 0.311 e. The number of carbonyl (C=O) groups is 2. The van der Waals surface area contributed by atoms with Crippen LogP contribution in [0.2, 0.25) is 0 Å². The minimum absolute atomic E-state index is 0.129. The Morgan fingerprint density at radius 3 is 2.73 bits per heavy atom. The standard InChI is InChI=1S/C17H17NO4/c1-17(16(20)21)6-7-18(11-17)15(19)13-4-2-3-12(9-13)14-5-8-22-10-14/h2-5,8-10H,6-7,11H2,1H3,(H,20,21). The second kappa shape index (κ2) is 5.33. The predicted octanol–water partition coefficient (Wildman–Crippen LogP) is 2.88. The van der Waals surface area contributed by atoms with Crippen LogP contribution in [-0.2, 0) is 4.79 Å². The lowest BCUT2D eigenvalue weighted by Crippen LogP contribution is -2.34. The topological polar surface area (TPSA) is 70.8 Å². The van der Waals surface area contributed by atoms with Crippen LogP contribution in [-0.4, -0.2) is 35.0 Å². The highest BCUT2D eigenvalue weighted by Gasteiger charge is 2.42. The third kappa shape index (κ3) is 2.50. The monoisotopic (exact) mass is 299 g/mol. The summed E-state index contributed by atoms with van der Waals surface area (Å²) < 4.78 is 5.06. The summed E-state index contributed by atoms with van der Waals surface area (Å²) in [5.41, 5.74) is 1.53. The van der Waals surface area contributed by atoms with Gasteiger partial charge in [0.05, 0.1) is 17.9 Å². The van der Waals surface area contributed by atoms with Crippen molar-refractivity contribution in [2.24, 2.45) is 5.41 Å². The first kappa shape index (κ1) is 14.4. The van der Waals surface area contributed by atoms with E-state index in [0.29, 0.717) is 18.5 Å². The van der Waals surface area contributed by atoms with Gasteiger partial charge in [-0.15, -0.1) is 0 Å². The summed E-state index contributed by atoms with van der Waals surface area (Å²) in [6, 6.07) is 9.13. The van der Waals surface area contributed by atoms with Crippen LogP contribution in [0.3, 0.4) is 0 Å². The lowest BCUT2D eigenvalue weighted by Gasteiger charge is -2.20. The Morgan fingerprint density at radius 1 is 1.27 bits per heavy atom. The number of carboxylic acids is 1. The van der Waals surface area contributed by atoms with E-state index in [2.05, 4.69) is 0 Å². The van der Waals surface area contributed by atoms with Gasteiger partial charge in [-0.05, 0) is 37.1 Å². The van der Waals surface area contributed by atoms with E-state index in [1.165, 1.54) is 0 Å². The van der Waals surface area contributed by atoms with Crippen molar-refractivity contribution < 1.29 is 19.1 Å². The molecule has 3 rings (SSSR count). The fourth-order valence-corrected chi connectivity index (χ4v) is 2.75. The second-order valence-electron chi connectivity index (χ2n) is 5.94. The Balaban J connectivity index is 1.82. The molecule has 0 bridgehead atoms. The third-order valence-corrected chi connectivity index (χ3v) is 4.24. The summed E-state index contributed by atoms with van der Waals surface area (Å²) >= 11 is 0. The number of likely N-dealkylation sites (tertiary alicyclic amines) is 1. The number of carbonyl (C=O) groups excluding carboxylic acids is 1. The van der Waals surface area contributed by atoms with Crippen molar-refractivity contribution in [3.63, 3.8) is 0 Å². The Morgan fingerprint density at radius 2 is 2.09 bits per heavy atom.